The summed E-state index contributed by atoms with van der Waals surface area (Å²) in [5.41, 5.74) is 2.71. The smallest absolute Gasteiger partial charge is 0.0493 e. The summed E-state index contributed by atoms with van der Waals surface area (Å²) >= 11 is 0. The van der Waals surface area contributed by atoms with E-state index in [9.17, 15) is 0 Å². The monoisotopic (exact) mass is 267 g/mol. The summed E-state index contributed by atoms with van der Waals surface area (Å²) in [6, 6.07) is 21.7. The summed E-state index contributed by atoms with van der Waals surface area (Å²) in [6.45, 7) is 3.80. The van der Waals surface area contributed by atoms with Crippen molar-refractivity contribution in [3.63, 3.8) is 0 Å². The molecule has 0 saturated carbocycles. The van der Waals surface area contributed by atoms with Crippen LogP contribution in [0.4, 0.5) is 0 Å². The zero-order valence-electron chi connectivity index (χ0n) is 11.7. The van der Waals surface area contributed by atoms with E-state index in [0.717, 1.165) is 26.2 Å². The van der Waals surface area contributed by atoms with Crippen molar-refractivity contribution in [3.8, 4) is 0 Å². The quantitative estimate of drug-likeness (QED) is 0.867. The molecular weight excluding hydrogens is 246 g/mol. The average Bonchev–Trinajstić information content (AvgIpc) is 2.51. The van der Waals surface area contributed by atoms with Crippen LogP contribution in [-0.4, -0.2) is 29.5 Å². The van der Waals surface area contributed by atoms with Crippen LogP contribution in [0.2, 0.25) is 0 Å². The maximum absolute atomic E-state index is 6.02. The largest absolute Gasteiger partial charge is 0.289 e. The summed E-state index contributed by atoms with van der Waals surface area (Å²) < 4.78 is 0. The third-order valence-corrected chi connectivity index (χ3v) is 3.94. The zero-order chi connectivity index (χ0) is 13.8. The average molecular weight is 267 g/mol. The second-order valence-corrected chi connectivity index (χ2v) is 5.38. The van der Waals surface area contributed by atoms with Gasteiger partial charge in [-0.05, 0) is 11.1 Å². The highest BCUT2D eigenvalue weighted by Gasteiger charge is 2.26. The lowest BCUT2D eigenvalue weighted by atomic mass is 10.0. The molecule has 1 aliphatic rings. The van der Waals surface area contributed by atoms with Gasteiger partial charge in [0.1, 0.15) is 0 Å². The predicted molar refractivity (Wildman–Crippen MR) is 81.8 cm³/mol. The summed E-state index contributed by atoms with van der Waals surface area (Å²) in [6.07, 6.45) is 0. The molecule has 0 bridgehead atoms. The van der Waals surface area contributed by atoms with E-state index >= 15 is 0 Å². The van der Waals surface area contributed by atoms with E-state index in [1.54, 1.807) is 0 Å². The lowest BCUT2D eigenvalue weighted by Gasteiger charge is -2.40. The van der Waals surface area contributed by atoms with Gasteiger partial charge in [-0.2, -0.15) is 0 Å². The minimum Gasteiger partial charge on any atom is -0.289 e. The fourth-order valence-electron chi connectivity index (χ4n) is 2.84. The van der Waals surface area contributed by atoms with Crippen molar-refractivity contribution in [1.82, 2.24) is 9.91 Å². The molecule has 20 heavy (non-hydrogen) atoms. The molecule has 1 atom stereocenters. The van der Waals surface area contributed by atoms with Gasteiger partial charge < -0.3 is 0 Å². The lowest BCUT2D eigenvalue weighted by molar-refractivity contribution is 0.0681. The van der Waals surface area contributed by atoms with Gasteiger partial charge in [-0.3, -0.25) is 10.7 Å². The van der Waals surface area contributed by atoms with Gasteiger partial charge >= 0.3 is 0 Å². The van der Waals surface area contributed by atoms with Crippen LogP contribution in [0, 0.1) is 0 Å². The van der Waals surface area contributed by atoms with Gasteiger partial charge in [0, 0.05) is 32.2 Å². The molecule has 1 saturated heterocycles. The van der Waals surface area contributed by atoms with Crippen molar-refractivity contribution >= 4 is 0 Å². The second kappa shape index (κ2) is 6.18. The van der Waals surface area contributed by atoms with Crippen LogP contribution >= 0.6 is 0 Å². The van der Waals surface area contributed by atoms with Gasteiger partial charge in [0.2, 0.25) is 0 Å². The lowest BCUT2D eigenvalue weighted by Crippen LogP contribution is -2.50. The van der Waals surface area contributed by atoms with Gasteiger partial charge in [0.05, 0.1) is 0 Å². The molecule has 2 aromatic rings. The Hall–Kier alpha value is -1.68. The summed E-state index contributed by atoms with van der Waals surface area (Å²) in [4.78, 5) is 2.52. The Bertz CT molecular complexity index is 526. The van der Waals surface area contributed by atoms with E-state index in [2.05, 4.69) is 65.6 Å². The first kappa shape index (κ1) is 13.3. The molecule has 0 radical (unpaired) electrons. The van der Waals surface area contributed by atoms with E-state index < -0.39 is 0 Å². The molecule has 3 heteroatoms. The van der Waals surface area contributed by atoms with E-state index in [1.165, 1.54) is 11.1 Å². The fraction of sp³-hybridized carbons (Fsp3) is 0.294. The zero-order valence-corrected chi connectivity index (χ0v) is 11.7. The molecule has 0 aromatic heterocycles. The van der Waals surface area contributed by atoms with E-state index in [-0.39, 0.29) is 0 Å². The molecule has 0 spiro atoms. The molecule has 0 aliphatic carbocycles. The number of nitrogens with zero attached hydrogens (tertiary/aromatic N) is 2. The maximum atomic E-state index is 6.02. The predicted octanol–water partition coefficient (Wildman–Crippen LogP) is 2.42. The molecule has 2 aromatic carbocycles. The molecule has 2 N–H and O–H groups in total. The number of nitrogens with two attached hydrogens (primary N) is 1. The van der Waals surface area contributed by atoms with E-state index in [4.69, 9.17) is 5.84 Å². The molecule has 3 rings (SSSR count). The maximum Gasteiger partial charge on any atom is 0.0493 e. The molecule has 1 fully saturated rings. The van der Waals surface area contributed by atoms with Gasteiger partial charge in [-0.1, -0.05) is 60.7 Å². The number of hydrogen-bond acceptors (Lipinski definition) is 3. The van der Waals surface area contributed by atoms with Crippen LogP contribution in [-0.2, 0) is 6.54 Å². The van der Waals surface area contributed by atoms with Crippen LogP contribution < -0.4 is 5.84 Å². The van der Waals surface area contributed by atoms with Crippen molar-refractivity contribution in [2.24, 2.45) is 5.84 Å². The number of rotatable bonds is 3. The Morgan fingerprint density at radius 2 is 1.55 bits per heavy atom. The van der Waals surface area contributed by atoms with Crippen LogP contribution in [0.5, 0.6) is 0 Å². The first-order valence-corrected chi connectivity index (χ1v) is 7.15. The summed E-state index contributed by atoms with van der Waals surface area (Å²) in [7, 11) is 0. The fourth-order valence-corrected chi connectivity index (χ4v) is 2.84. The normalized spacial score (nSPS) is 20.9. The number of benzene rings is 2. The van der Waals surface area contributed by atoms with Crippen molar-refractivity contribution in [2.75, 3.05) is 19.6 Å². The standard InChI is InChI=1S/C17H21N3/c18-20-12-11-19(13-15-7-3-1-4-8-15)17(14-20)16-9-5-2-6-10-16/h1-10,17H,11-14,18H2. The van der Waals surface area contributed by atoms with Crippen LogP contribution in [0.15, 0.2) is 60.7 Å². The first-order chi connectivity index (χ1) is 9.83. The van der Waals surface area contributed by atoms with Gasteiger partial charge in [-0.15, -0.1) is 0 Å². The molecule has 3 nitrogen and oxygen atoms in total. The second-order valence-electron chi connectivity index (χ2n) is 5.38. The minimum atomic E-state index is 0.371. The highest BCUT2D eigenvalue weighted by atomic mass is 15.4. The molecule has 1 heterocycles. The highest BCUT2D eigenvalue weighted by molar-refractivity contribution is 5.21. The molecule has 0 amide bonds. The van der Waals surface area contributed by atoms with E-state index in [1.807, 2.05) is 5.01 Å². The first-order valence-electron chi connectivity index (χ1n) is 7.15. The Morgan fingerprint density at radius 3 is 2.25 bits per heavy atom. The van der Waals surface area contributed by atoms with Crippen molar-refractivity contribution in [1.29, 1.82) is 0 Å². The Morgan fingerprint density at radius 1 is 0.900 bits per heavy atom. The number of hydrazine groups is 1. The summed E-state index contributed by atoms with van der Waals surface area (Å²) in [5.74, 6) is 6.02. The van der Waals surface area contributed by atoms with E-state index in [0.29, 0.717) is 6.04 Å². The molecule has 104 valence electrons. The summed E-state index contributed by atoms with van der Waals surface area (Å²) in [5, 5.41) is 1.93. The number of hydrogen-bond donors (Lipinski definition) is 1. The molecular formula is C17H21N3. The highest BCUT2D eigenvalue weighted by Crippen LogP contribution is 2.25. The number of piperazine rings is 1. The Balaban J connectivity index is 1.80. The van der Waals surface area contributed by atoms with Gasteiger partial charge in [0.25, 0.3) is 0 Å². The Kier molecular flexibility index (Phi) is 4.11. The minimum absolute atomic E-state index is 0.371. The molecule has 1 aliphatic heterocycles. The van der Waals surface area contributed by atoms with Crippen LogP contribution in [0.1, 0.15) is 17.2 Å². The van der Waals surface area contributed by atoms with Gasteiger partial charge in [0.15, 0.2) is 0 Å². The third-order valence-electron chi connectivity index (χ3n) is 3.94. The van der Waals surface area contributed by atoms with Gasteiger partial charge in [-0.25, -0.2) is 5.01 Å². The van der Waals surface area contributed by atoms with Crippen molar-refractivity contribution < 1.29 is 0 Å². The molecule has 1 unspecified atom stereocenters. The third kappa shape index (κ3) is 3.07. The van der Waals surface area contributed by atoms with Crippen molar-refractivity contribution in [3.05, 3.63) is 71.8 Å². The Labute approximate surface area is 120 Å². The topological polar surface area (TPSA) is 32.5 Å². The van der Waals surface area contributed by atoms with Crippen LogP contribution in [0.3, 0.4) is 0 Å². The van der Waals surface area contributed by atoms with Crippen molar-refractivity contribution in [2.45, 2.75) is 12.6 Å². The SMILES string of the molecule is NN1CCN(Cc2ccccc2)C(c2ccccc2)C1. The van der Waals surface area contributed by atoms with Crippen LogP contribution in [0.25, 0.3) is 0 Å².